The third-order valence-corrected chi connectivity index (χ3v) is 2.37. The minimum absolute atomic E-state index is 0.0345. The summed E-state index contributed by atoms with van der Waals surface area (Å²) >= 11 is 5.79. The third-order valence-electron chi connectivity index (χ3n) is 2.12. The van der Waals surface area contributed by atoms with Crippen LogP contribution in [-0.2, 0) is 4.74 Å². The van der Waals surface area contributed by atoms with Crippen molar-refractivity contribution in [2.45, 2.75) is 19.2 Å². The summed E-state index contributed by atoms with van der Waals surface area (Å²) in [5.74, 6) is 0. The van der Waals surface area contributed by atoms with E-state index in [1.165, 1.54) is 0 Å². The van der Waals surface area contributed by atoms with Gasteiger partial charge in [-0.3, -0.25) is 5.32 Å². The summed E-state index contributed by atoms with van der Waals surface area (Å²) < 4.78 is 5.54. The number of benzene rings is 1. The fourth-order valence-corrected chi connectivity index (χ4v) is 1.55. The van der Waals surface area contributed by atoms with Crippen molar-refractivity contribution in [1.29, 1.82) is 0 Å². The van der Waals surface area contributed by atoms with Gasteiger partial charge >= 0.3 is 0 Å². The van der Waals surface area contributed by atoms with Gasteiger partial charge in [0.05, 0.1) is 6.61 Å². The Labute approximate surface area is 82.9 Å². The van der Waals surface area contributed by atoms with Crippen molar-refractivity contribution in [2.75, 3.05) is 6.61 Å². The molecular weight excluding hydrogens is 186 g/mol. The predicted octanol–water partition coefficient (Wildman–Crippen LogP) is 2.35. The van der Waals surface area contributed by atoms with Crippen molar-refractivity contribution >= 4 is 11.6 Å². The minimum Gasteiger partial charge on any atom is -0.357 e. The van der Waals surface area contributed by atoms with Crippen LogP contribution < -0.4 is 5.32 Å². The first-order valence-corrected chi connectivity index (χ1v) is 4.76. The van der Waals surface area contributed by atoms with E-state index in [0.717, 1.165) is 17.2 Å². The van der Waals surface area contributed by atoms with Gasteiger partial charge in [-0.2, -0.15) is 0 Å². The molecule has 2 rings (SSSR count). The molecule has 1 saturated heterocycles. The largest absolute Gasteiger partial charge is 0.357 e. The molecule has 0 bridgehead atoms. The number of nitrogens with one attached hydrogen (secondary N) is 1. The molecule has 2 nitrogen and oxygen atoms in total. The van der Waals surface area contributed by atoms with E-state index in [2.05, 4.69) is 12.2 Å². The van der Waals surface area contributed by atoms with Crippen LogP contribution in [0.25, 0.3) is 0 Å². The quantitative estimate of drug-likeness (QED) is 0.746. The number of rotatable bonds is 1. The lowest BCUT2D eigenvalue weighted by molar-refractivity contribution is 0.101. The Hall–Kier alpha value is -0.570. The van der Waals surface area contributed by atoms with Crippen molar-refractivity contribution in [3.8, 4) is 0 Å². The van der Waals surface area contributed by atoms with Gasteiger partial charge in [-0.05, 0) is 24.6 Å². The zero-order valence-electron chi connectivity index (χ0n) is 7.46. The van der Waals surface area contributed by atoms with Crippen molar-refractivity contribution in [2.24, 2.45) is 0 Å². The standard InChI is InChI=1S/C10H12ClNO/c1-7-6-13-10(12-7)8-2-4-9(11)5-3-8/h2-5,7,10,12H,6H2,1H3/t7-,10-/m0/s1. The Morgan fingerprint density at radius 3 is 2.62 bits per heavy atom. The van der Waals surface area contributed by atoms with E-state index in [0.29, 0.717) is 6.04 Å². The van der Waals surface area contributed by atoms with Gasteiger partial charge in [-0.15, -0.1) is 0 Å². The van der Waals surface area contributed by atoms with Crippen LogP contribution in [0.4, 0.5) is 0 Å². The second-order valence-electron chi connectivity index (χ2n) is 3.33. The second kappa shape index (κ2) is 3.66. The molecule has 1 fully saturated rings. The molecule has 0 unspecified atom stereocenters. The zero-order valence-corrected chi connectivity index (χ0v) is 8.21. The van der Waals surface area contributed by atoms with E-state index in [9.17, 15) is 0 Å². The maximum atomic E-state index is 5.79. The topological polar surface area (TPSA) is 21.3 Å². The van der Waals surface area contributed by atoms with Crippen molar-refractivity contribution in [1.82, 2.24) is 5.32 Å². The molecule has 0 saturated carbocycles. The molecule has 0 spiro atoms. The maximum Gasteiger partial charge on any atom is 0.134 e. The first kappa shape index (κ1) is 9.00. The SMILES string of the molecule is C[C@H]1CO[C@@H](c2ccc(Cl)cc2)N1. The highest BCUT2D eigenvalue weighted by Gasteiger charge is 2.21. The van der Waals surface area contributed by atoms with Gasteiger partial charge in [-0.1, -0.05) is 23.7 Å². The van der Waals surface area contributed by atoms with Gasteiger partial charge < -0.3 is 4.74 Å². The van der Waals surface area contributed by atoms with Crippen LogP contribution >= 0.6 is 11.6 Å². The highest BCUT2D eigenvalue weighted by Crippen LogP contribution is 2.21. The van der Waals surface area contributed by atoms with Crippen molar-refractivity contribution < 1.29 is 4.74 Å². The number of ether oxygens (including phenoxy) is 1. The van der Waals surface area contributed by atoms with E-state index in [1.54, 1.807) is 0 Å². The summed E-state index contributed by atoms with van der Waals surface area (Å²) in [6.07, 6.45) is 0.0345. The van der Waals surface area contributed by atoms with E-state index in [1.807, 2.05) is 24.3 Å². The van der Waals surface area contributed by atoms with Gasteiger partial charge in [-0.25, -0.2) is 0 Å². The Morgan fingerprint density at radius 1 is 1.38 bits per heavy atom. The van der Waals surface area contributed by atoms with Crippen LogP contribution in [0.2, 0.25) is 5.02 Å². The average Bonchev–Trinajstić information content (AvgIpc) is 2.53. The van der Waals surface area contributed by atoms with Gasteiger partial charge in [0.1, 0.15) is 6.23 Å². The molecule has 1 N–H and O–H groups in total. The highest BCUT2D eigenvalue weighted by atomic mass is 35.5. The van der Waals surface area contributed by atoms with Crippen LogP contribution in [-0.4, -0.2) is 12.6 Å². The fourth-order valence-electron chi connectivity index (χ4n) is 1.43. The average molecular weight is 198 g/mol. The lowest BCUT2D eigenvalue weighted by Gasteiger charge is -2.10. The monoisotopic (exact) mass is 197 g/mol. The maximum absolute atomic E-state index is 5.79. The van der Waals surface area contributed by atoms with E-state index in [4.69, 9.17) is 16.3 Å². The summed E-state index contributed by atoms with van der Waals surface area (Å²) in [6.45, 7) is 2.88. The van der Waals surface area contributed by atoms with Crippen LogP contribution in [0.5, 0.6) is 0 Å². The Morgan fingerprint density at radius 2 is 2.08 bits per heavy atom. The lowest BCUT2D eigenvalue weighted by Crippen LogP contribution is -2.22. The summed E-state index contributed by atoms with van der Waals surface area (Å²) in [6, 6.07) is 8.16. The number of halogens is 1. The van der Waals surface area contributed by atoms with E-state index < -0.39 is 0 Å². The summed E-state index contributed by atoms with van der Waals surface area (Å²) in [5.41, 5.74) is 1.13. The molecule has 1 aromatic rings. The number of hydrogen-bond acceptors (Lipinski definition) is 2. The molecule has 1 aliphatic heterocycles. The molecule has 0 radical (unpaired) electrons. The smallest absolute Gasteiger partial charge is 0.134 e. The molecule has 70 valence electrons. The van der Waals surface area contributed by atoms with Crippen LogP contribution in [0, 0.1) is 0 Å². The van der Waals surface area contributed by atoms with E-state index in [-0.39, 0.29) is 6.23 Å². The molecule has 2 atom stereocenters. The molecule has 1 aromatic carbocycles. The van der Waals surface area contributed by atoms with Gasteiger partial charge in [0, 0.05) is 11.1 Å². The predicted molar refractivity (Wildman–Crippen MR) is 52.7 cm³/mol. The van der Waals surface area contributed by atoms with Crippen LogP contribution in [0.15, 0.2) is 24.3 Å². The Kier molecular flexibility index (Phi) is 2.54. The van der Waals surface area contributed by atoms with Crippen LogP contribution in [0.3, 0.4) is 0 Å². The lowest BCUT2D eigenvalue weighted by atomic mass is 10.2. The third kappa shape index (κ3) is 2.02. The Balaban J connectivity index is 2.13. The van der Waals surface area contributed by atoms with E-state index >= 15 is 0 Å². The van der Waals surface area contributed by atoms with Gasteiger partial charge in [0.15, 0.2) is 0 Å². The first-order chi connectivity index (χ1) is 6.25. The minimum atomic E-state index is 0.0345. The number of hydrogen-bond donors (Lipinski definition) is 1. The molecule has 0 aliphatic carbocycles. The highest BCUT2D eigenvalue weighted by molar-refractivity contribution is 6.30. The van der Waals surface area contributed by atoms with Crippen LogP contribution in [0.1, 0.15) is 18.7 Å². The molecule has 1 heterocycles. The van der Waals surface area contributed by atoms with Gasteiger partial charge in [0.2, 0.25) is 0 Å². The molecular formula is C10H12ClNO. The summed E-state index contributed by atoms with van der Waals surface area (Å²) in [4.78, 5) is 0. The molecule has 3 heteroatoms. The molecule has 1 aliphatic rings. The summed E-state index contributed by atoms with van der Waals surface area (Å²) in [5, 5.41) is 4.08. The Bertz CT molecular complexity index is 285. The fraction of sp³-hybridized carbons (Fsp3) is 0.400. The van der Waals surface area contributed by atoms with Gasteiger partial charge in [0.25, 0.3) is 0 Å². The van der Waals surface area contributed by atoms with Crippen molar-refractivity contribution in [3.05, 3.63) is 34.9 Å². The van der Waals surface area contributed by atoms with Crippen molar-refractivity contribution in [3.63, 3.8) is 0 Å². The molecule has 0 aromatic heterocycles. The molecule has 0 amide bonds. The second-order valence-corrected chi connectivity index (χ2v) is 3.77. The zero-order chi connectivity index (χ0) is 9.26. The molecule has 13 heavy (non-hydrogen) atoms. The summed E-state index contributed by atoms with van der Waals surface area (Å²) in [7, 11) is 0. The normalized spacial score (nSPS) is 27.8. The first-order valence-electron chi connectivity index (χ1n) is 4.39.